The average molecular weight is 239 g/mol. The van der Waals surface area contributed by atoms with Crippen molar-refractivity contribution in [1.82, 2.24) is 5.32 Å². The molecule has 1 nitrogen and oxygen atoms in total. The maximum atomic E-state index is 3.92. The van der Waals surface area contributed by atoms with Gasteiger partial charge in [-0.2, -0.15) is 0 Å². The van der Waals surface area contributed by atoms with Gasteiger partial charge in [0.05, 0.1) is 0 Å². The van der Waals surface area contributed by atoms with E-state index in [4.69, 9.17) is 0 Å². The minimum Gasteiger partial charge on any atom is -0.311 e. The molecule has 1 N–H and O–H groups in total. The van der Waals surface area contributed by atoms with E-state index in [0.717, 1.165) is 12.0 Å². The van der Waals surface area contributed by atoms with Crippen molar-refractivity contribution < 1.29 is 0 Å². The second-order valence-electron chi connectivity index (χ2n) is 8.12. The predicted octanol–water partition coefficient (Wildman–Crippen LogP) is 4.62. The molecule has 0 aromatic rings. The topological polar surface area (TPSA) is 12.0 Å². The third kappa shape index (κ3) is 4.28. The molecule has 0 aromatic heterocycles. The first-order chi connectivity index (χ1) is 7.62. The van der Waals surface area contributed by atoms with Crippen molar-refractivity contribution in [2.45, 2.75) is 86.2 Å². The highest BCUT2D eigenvalue weighted by molar-refractivity contribution is 4.91. The summed E-state index contributed by atoms with van der Waals surface area (Å²) in [6.07, 6.45) is 5.59. The highest BCUT2D eigenvalue weighted by atomic mass is 15.0. The van der Waals surface area contributed by atoms with Gasteiger partial charge in [-0.3, -0.25) is 0 Å². The van der Waals surface area contributed by atoms with Gasteiger partial charge in [0.25, 0.3) is 0 Å². The maximum Gasteiger partial charge on any atom is 0.0103 e. The van der Waals surface area contributed by atoms with E-state index in [0.29, 0.717) is 16.9 Å². The molecule has 0 aromatic carbocycles. The normalized spacial score (nSPS) is 29.1. The molecule has 0 spiro atoms. The summed E-state index contributed by atoms with van der Waals surface area (Å²) < 4.78 is 0. The minimum absolute atomic E-state index is 0.361. The molecule has 0 bridgehead atoms. The molecule has 17 heavy (non-hydrogen) atoms. The van der Waals surface area contributed by atoms with Crippen LogP contribution >= 0.6 is 0 Å². The SMILES string of the molecule is CC(NC1CCCCC1C(C)(C)C)C(C)(C)C. The van der Waals surface area contributed by atoms with Gasteiger partial charge in [0.15, 0.2) is 0 Å². The molecule has 1 fully saturated rings. The third-order valence-electron chi connectivity index (χ3n) is 4.64. The summed E-state index contributed by atoms with van der Waals surface area (Å²) in [5.41, 5.74) is 0.801. The van der Waals surface area contributed by atoms with Crippen molar-refractivity contribution in [3.05, 3.63) is 0 Å². The van der Waals surface area contributed by atoms with E-state index in [1.807, 2.05) is 0 Å². The Labute approximate surface area is 109 Å². The summed E-state index contributed by atoms with van der Waals surface area (Å²) in [7, 11) is 0. The summed E-state index contributed by atoms with van der Waals surface area (Å²) in [6.45, 7) is 16.5. The zero-order valence-corrected chi connectivity index (χ0v) is 13.1. The summed E-state index contributed by atoms with van der Waals surface area (Å²) in [5.74, 6) is 0.834. The van der Waals surface area contributed by atoms with Gasteiger partial charge < -0.3 is 5.32 Å². The Morgan fingerprint density at radius 1 is 0.941 bits per heavy atom. The Hall–Kier alpha value is -0.0400. The highest BCUT2D eigenvalue weighted by Crippen LogP contribution is 2.38. The molecule has 0 aliphatic heterocycles. The molecule has 1 rings (SSSR count). The molecule has 102 valence electrons. The molecule has 0 radical (unpaired) electrons. The molecule has 3 atom stereocenters. The van der Waals surface area contributed by atoms with Crippen LogP contribution in [0.1, 0.15) is 74.1 Å². The summed E-state index contributed by atoms with van der Waals surface area (Å²) >= 11 is 0. The van der Waals surface area contributed by atoms with Crippen molar-refractivity contribution in [3.63, 3.8) is 0 Å². The monoisotopic (exact) mass is 239 g/mol. The van der Waals surface area contributed by atoms with Gasteiger partial charge in [-0.1, -0.05) is 54.4 Å². The van der Waals surface area contributed by atoms with Gasteiger partial charge in [-0.25, -0.2) is 0 Å². The Morgan fingerprint density at radius 3 is 1.94 bits per heavy atom. The Balaban J connectivity index is 2.67. The van der Waals surface area contributed by atoms with E-state index in [1.165, 1.54) is 25.7 Å². The van der Waals surface area contributed by atoms with Crippen LogP contribution in [0.25, 0.3) is 0 Å². The first kappa shape index (κ1) is 15.0. The Bertz CT molecular complexity index is 231. The molecule has 1 aliphatic rings. The van der Waals surface area contributed by atoms with Crippen LogP contribution in [0.5, 0.6) is 0 Å². The first-order valence-electron chi connectivity index (χ1n) is 7.38. The highest BCUT2D eigenvalue weighted by Gasteiger charge is 2.35. The molecular weight excluding hydrogens is 206 g/mol. The van der Waals surface area contributed by atoms with Crippen molar-refractivity contribution in [2.75, 3.05) is 0 Å². The fourth-order valence-corrected chi connectivity index (χ4v) is 2.94. The van der Waals surface area contributed by atoms with Gasteiger partial charge in [0.1, 0.15) is 0 Å². The van der Waals surface area contributed by atoms with Crippen molar-refractivity contribution >= 4 is 0 Å². The van der Waals surface area contributed by atoms with Gasteiger partial charge in [0.2, 0.25) is 0 Å². The van der Waals surface area contributed by atoms with Crippen LogP contribution in [-0.4, -0.2) is 12.1 Å². The number of hydrogen-bond acceptors (Lipinski definition) is 1. The number of hydrogen-bond donors (Lipinski definition) is 1. The third-order valence-corrected chi connectivity index (χ3v) is 4.64. The predicted molar refractivity (Wildman–Crippen MR) is 77.3 cm³/mol. The lowest BCUT2D eigenvalue weighted by molar-refractivity contribution is 0.109. The van der Waals surface area contributed by atoms with Crippen LogP contribution in [0.3, 0.4) is 0 Å². The van der Waals surface area contributed by atoms with Crippen LogP contribution in [0, 0.1) is 16.7 Å². The zero-order chi connectivity index (χ0) is 13.3. The molecule has 0 heterocycles. The smallest absolute Gasteiger partial charge is 0.0103 e. The molecular formula is C16H33N. The summed E-state index contributed by atoms with van der Waals surface area (Å²) in [6, 6.07) is 1.31. The van der Waals surface area contributed by atoms with Crippen molar-refractivity contribution in [2.24, 2.45) is 16.7 Å². The van der Waals surface area contributed by atoms with Crippen molar-refractivity contribution in [1.29, 1.82) is 0 Å². The fourth-order valence-electron chi connectivity index (χ4n) is 2.94. The minimum atomic E-state index is 0.361. The molecule has 0 saturated heterocycles. The lowest BCUT2D eigenvalue weighted by atomic mass is 9.69. The van der Waals surface area contributed by atoms with Crippen LogP contribution in [0.2, 0.25) is 0 Å². The summed E-state index contributed by atoms with van der Waals surface area (Å²) in [4.78, 5) is 0. The van der Waals surface area contributed by atoms with E-state index in [1.54, 1.807) is 0 Å². The van der Waals surface area contributed by atoms with Gasteiger partial charge in [-0.15, -0.1) is 0 Å². The summed E-state index contributed by atoms with van der Waals surface area (Å²) in [5, 5.41) is 3.92. The number of rotatable bonds is 2. The Morgan fingerprint density at radius 2 is 1.47 bits per heavy atom. The van der Waals surface area contributed by atoms with Crippen LogP contribution in [0.4, 0.5) is 0 Å². The van der Waals surface area contributed by atoms with E-state index >= 15 is 0 Å². The quantitative estimate of drug-likeness (QED) is 0.741. The van der Waals surface area contributed by atoms with Crippen LogP contribution in [-0.2, 0) is 0 Å². The standard InChI is InChI=1S/C16H33N/c1-12(15(2,3)4)17-14-11-9-8-10-13(14)16(5,6)7/h12-14,17H,8-11H2,1-7H3. The molecule has 1 heteroatoms. The van der Waals surface area contributed by atoms with Gasteiger partial charge in [0, 0.05) is 12.1 Å². The van der Waals surface area contributed by atoms with E-state index < -0.39 is 0 Å². The van der Waals surface area contributed by atoms with Crippen LogP contribution in [0.15, 0.2) is 0 Å². The van der Waals surface area contributed by atoms with Gasteiger partial charge in [-0.05, 0) is 36.5 Å². The lowest BCUT2D eigenvalue weighted by Gasteiger charge is -2.44. The van der Waals surface area contributed by atoms with E-state index in [2.05, 4.69) is 53.8 Å². The van der Waals surface area contributed by atoms with E-state index in [9.17, 15) is 0 Å². The largest absolute Gasteiger partial charge is 0.311 e. The van der Waals surface area contributed by atoms with E-state index in [-0.39, 0.29) is 0 Å². The fraction of sp³-hybridized carbons (Fsp3) is 1.00. The maximum absolute atomic E-state index is 3.92. The second kappa shape index (κ2) is 5.30. The first-order valence-corrected chi connectivity index (χ1v) is 7.38. The number of nitrogens with one attached hydrogen (secondary N) is 1. The molecule has 3 unspecified atom stereocenters. The molecule has 1 saturated carbocycles. The lowest BCUT2D eigenvalue weighted by Crippen LogP contribution is -2.51. The molecule has 0 amide bonds. The zero-order valence-electron chi connectivity index (χ0n) is 13.1. The van der Waals surface area contributed by atoms with Gasteiger partial charge >= 0.3 is 0 Å². The Kier molecular flexibility index (Phi) is 4.68. The molecule has 1 aliphatic carbocycles. The second-order valence-corrected chi connectivity index (χ2v) is 8.12. The van der Waals surface area contributed by atoms with Crippen molar-refractivity contribution in [3.8, 4) is 0 Å². The average Bonchev–Trinajstić information content (AvgIpc) is 2.15. The van der Waals surface area contributed by atoms with Crippen LogP contribution < -0.4 is 5.32 Å².